The second-order valence-corrected chi connectivity index (χ2v) is 7.42. The third kappa shape index (κ3) is 3.63. The molecule has 154 valence electrons. The number of amides is 1. The smallest absolute Gasteiger partial charge is 0.249 e. The maximum atomic E-state index is 12.7. The van der Waals surface area contributed by atoms with E-state index >= 15 is 0 Å². The standard InChI is InChI=1S/C21H20BrN5O3/c1-12-19(22)14-6-4-5-7-16(14)27(12)11-18(28)23-21-24-20(25-26-21)15-9-8-13(29-2)10-17(15)30-3/h4-10H,11H2,1-3H3,(H2,23,24,25,26,28). The molecule has 0 unspecified atom stereocenters. The molecule has 0 saturated heterocycles. The Morgan fingerprint density at radius 3 is 2.77 bits per heavy atom. The zero-order chi connectivity index (χ0) is 21.3. The summed E-state index contributed by atoms with van der Waals surface area (Å²) >= 11 is 3.61. The van der Waals surface area contributed by atoms with Crippen molar-refractivity contribution in [2.24, 2.45) is 0 Å². The molecule has 0 saturated carbocycles. The molecule has 2 aromatic heterocycles. The molecular formula is C21H20BrN5O3. The Hall–Kier alpha value is -3.33. The van der Waals surface area contributed by atoms with Crippen LogP contribution in [0.3, 0.4) is 0 Å². The van der Waals surface area contributed by atoms with E-state index in [4.69, 9.17) is 9.47 Å². The van der Waals surface area contributed by atoms with Crippen molar-refractivity contribution in [2.45, 2.75) is 13.5 Å². The number of halogens is 1. The Morgan fingerprint density at radius 2 is 2.00 bits per heavy atom. The highest BCUT2D eigenvalue weighted by molar-refractivity contribution is 9.10. The second kappa shape index (κ2) is 8.19. The summed E-state index contributed by atoms with van der Waals surface area (Å²) in [6, 6.07) is 13.3. The third-order valence-corrected chi connectivity index (χ3v) is 5.86. The van der Waals surface area contributed by atoms with Gasteiger partial charge in [-0.15, -0.1) is 5.10 Å². The molecule has 0 aliphatic heterocycles. The van der Waals surface area contributed by atoms with Crippen LogP contribution in [0.15, 0.2) is 46.9 Å². The molecule has 30 heavy (non-hydrogen) atoms. The summed E-state index contributed by atoms with van der Waals surface area (Å²) in [7, 11) is 3.16. The number of aromatic amines is 1. The summed E-state index contributed by atoms with van der Waals surface area (Å²) in [4.78, 5) is 17.0. The van der Waals surface area contributed by atoms with Gasteiger partial charge >= 0.3 is 0 Å². The summed E-state index contributed by atoms with van der Waals surface area (Å²) in [5, 5.41) is 10.8. The van der Waals surface area contributed by atoms with Crippen LogP contribution >= 0.6 is 15.9 Å². The Kier molecular flexibility index (Phi) is 5.45. The molecule has 1 amide bonds. The van der Waals surface area contributed by atoms with Gasteiger partial charge in [0, 0.05) is 27.1 Å². The van der Waals surface area contributed by atoms with Crippen LogP contribution in [-0.4, -0.2) is 39.9 Å². The van der Waals surface area contributed by atoms with Crippen LogP contribution in [0.4, 0.5) is 5.95 Å². The first-order valence-electron chi connectivity index (χ1n) is 9.19. The van der Waals surface area contributed by atoms with Crippen molar-refractivity contribution in [2.75, 3.05) is 19.5 Å². The van der Waals surface area contributed by atoms with Crippen LogP contribution in [0.1, 0.15) is 5.69 Å². The lowest BCUT2D eigenvalue weighted by atomic mass is 10.2. The van der Waals surface area contributed by atoms with Crippen LogP contribution in [0.25, 0.3) is 22.3 Å². The predicted molar refractivity (Wildman–Crippen MR) is 118 cm³/mol. The maximum absolute atomic E-state index is 12.7. The highest BCUT2D eigenvalue weighted by atomic mass is 79.9. The van der Waals surface area contributed by atoms with Gasteiger partial charge in [0.15, 0.2) is 5.82 Å². The molecule has 0 atom stereocenters. The molecule has 4 rings (SSSR count). The molecular weight excluding hydrogens is 450 g/mol. The van der Waals surface area contributed by atoms with Crippen molar-refractivity contribution < 1.29 is 14.3 Å². The topological polar surface area (TPSA) is 94.1 Å². The predicted octanol–water partition coefficient (Wildman–Crippen LogP) is 4.15. The number of anilines is 1. The van der Waals surface area contributed by atoms with E-state index < -0.39 is 0 Å². The van der Waals surface area contributed by atoms with Gasteiger partial charge in [-0.25, -0.2) is 0 Å². The first kappa shape index (κ1) is 20.0. The fraction of sp³-hybridized carbons (Fsp3) is 0.190. The van der Waals surface area contributed by atoms with Crippen molar-refractivity contribution in [3.05, 3.63) is 52.6 Å². The summed E-state index contributed by atoms with van der Waals surface area (Å²) in [5.41, 5.74) is 2.67. The number of methoxy groups -OCH3 is 2. The van der Waals surface area contributed by atoms with Crippen LogP contribution in [0.2, 0.25) is 0 Å². The first-order chi connectivity index (χ1) is 14.5. The Bertz CT molecular complexity index is 1230. The number of hydrogen-bond donors (Lipinski definition) is 2. The largest absolute Gasteiger partial charge is 0.497 e. The number of nitrogens with one attached hydrogen (secondary N) is 2. The minimum atomic E-state index is -0.224. The van der Waals surface area contributed by atoms with Crippen molar-refractivity contribution in [3.63, 3.8) is 0 Å². The Balaban J connectivity index is 1.54. The van der Waals surface area contributed by atoms with Gasteiger partial charge in [-0.2, -0.15) is 4.98 Å². The lowest BCUT2D eigenvalue weighted by Crippen LogP contribution is -2.20. The van der Waals surface area contributed by atoms with Gasteiger partial charge in [0.1, 0.15) is 18.0 Å². The highest BCUT2D eigenvalue weighted by Gasteiger charge is 2.17. The van der Waals surface area contributed by atoms with Gasteiger partial charge < -0.3 is 14.0 Å². The fourth-order valence-electron chi connectivity index (χ4n) is 3.33. The van der Waals surface area contributed by atoms with E-state index in [1.54, 1.807) is 26.4 Å². The minimum absolute atomic E-state index is 0.147. The number of carbonyl (C=O) groups excluding carboxylic acids is 1. The highest BCUT2D eigenvalue weighted by Crippen LogP contribution is 2.32. The molecule has 0 aliphatic rings. The molecule has 0 aliphatic carbocycles. The van der Waals surface area contributed by atoms with E-state index in [1.165, 1.54) is 0 Å². The van der Waals surface area contributed by atoms with Gasteiger partial charge in [0.25, 0.3) is 0 Å². The van der Waals surface area contributed by atoms with Crippen LogP contribution in [0.5, 0.6) is 11.5 Å². The van der Waals surface area contributed by atoms with E-state index in [0.29, 0.717) is 22.9 Å². The van der Waals surface area contributed by atoms with Crippen molar-refractivity contribution in [3.8, 4) is 22.9 Å². The minimum Gasteiger partial charge on any atom is -0.497 e. The number of rotatable bonds is 6. The molecule has 0 spiro atoms. The molecule has 0 fully saturated rings. The lowest BCUT2D eigenvalue weighted by Gasteiger charge is -2.08. The molecule has 2 heterocycles. The molecule has 0 bridgehead atoms. The average molecular weight is 470 g/mol. The number of aromatic nitrogens is 4. The Morgan fingerprint density at radius 1 is 1.20 bits per heavy atom. The van der Waals surface area contributed by atoms with Gasteiger partial charge in [0.2, 0.25) is 11.9 Å². The van der Waals surface area contributed by atoms with Crippen molar-refractivity contribution in [1.29, 1.82) is 0 Å². The number of fused-ring (bicyclic) bond motifs is 1. The van der Waals surface area contributed by atoms with Crippen LogP contribution < -0.4 is 14.8 Å². The van der Waals surface area contributed by atoms with Gasteiger partial charge in [-0.3, -0.25) is 15.2 Å². The van der Waals surface area contributed by atoms with Gasteiger partial charge in [-0.05, 0) is 41.1 Å². The monoisotopic (exact) mass is 469 g/mol. The lowest BCUT2D eigenvalue weighted by molar-refractivity contribution is -0.116. The van der Waals surface area contributed by atoms with E-state index in [1.807, 2.05) is 41.8 Å². The normalized spacial score (nSPS) is 10.9. The van der Waals surface area contributed by atoms with E-state index in [0.717, 1.165) is 21.1 Å². The van der Waals surface area contributed by atoms with E-state index in [9.17, 15) is 4.79 Å². The fourth-order valence-corrected chi connectivity index (χ4v) is 3.88. The zero-order valence-electron chi connectivity index (χ0n) is 16.7. The molecule has 2 aromatic carbocycles. The Labute approximate surface area is 181 Å². The summed E-state index contributed by atoms with van der Waals surface area (Å²) in [5.74, 6) is 1.71. The van der Waals surface area contributed by atoms with E-state index in [-0.39, 0.29) is 18.4 Å². The number of ether oxygens (including phenoxy) is 2. The summed E-state index contributed by atoms with van der Waals surface area (Å²) < 4.78 is 13.6. The molecule has 4 aromatic rings. The van der Waals surface area contributed by atoms with Gasteiger partial charge in [0.05, 0.1) is 19.8 Å². The van der Waals surface area contributed by atoms with Crippen molar-refractivity contribution >= 4 is 38.7 Å². The maximum Gasteiger partial charge on any atom is 0.249 e. The van der Waals surface area contributed by atoms with E-state index in [2.05, 4.69) is 36.4 Å². The number of hydrogen-bond acceptors (Lipinski definition) is 5. The number of benzene rings is 2. The average Bonchev–Trinajstić information content (AvgIpc) is 3.32. The van der Waals surface area contributed by atoms with Gasteiger partial charge in [-0.1, -0.05) is 18.2 Å². The zero-order valence-corrected chi connectivity index (χ0v) is 18.3. The van der Waals surface area contributed by atoms with Crippen LogP contribution in [-0.2, 0) is 11.3 Å². The number of H-pyrrole nitrogens is 1. The number of para-hydroxylation sites is 1. The first-order valence-corrected chi connectivity index (χ1v) is 9.99. The third-order valence-electron chi connectivity index (χ3n) is 4.86. The van der Waals surface area contributed by atoms with Crippen molar-refractivity contribution in [1.82, 2.24) is 19.7 Å². The molecule has 9 heteroatoms. The second-order valence-electron chi connectivity index (χ2n) is 6.62. The quantitative estimate of drug-likeness (QED) is 0.442. The molecule has 8 nitrogen and oxygen atoms in total. The molecule has 0 radical (unpaired) electrons. The number of carbonyl (C=O) groups is 1. The SMILES string of the molecule is COc1ccc(-c2nc(NC(=O)Cn3c(C)c(Br)c4ccccc43)n[nH]2)c(OC)c1. The molecule has 2 N–H and O–H groups in total. The summed E-state index contributed by atoms with van der Waals surface area (Å²) in [6.07, 6.45) is 0. The summed E-state index contributed by atoms with van der Waals surface area (Å²) in [6.45, 7) is 2.12. The van der Waals surface area contributed by atoms with Crippen LogP contribution in [0, 0.1) is 6.92 Å². The number of nitrogens with zero attached hydrogens (tertiary/aromatic N) is 3.